The first-order chi connectivity index (χ1) is 16.6. The molecule has 0 spiro atoms. The summed E-state index contributed by atoms with van der Waals surface area (Å²) in [7, 11) is 0. The zero-order valence-electron chi connectivity index (χ0n) is 18.1. The minimum absolute atomic E-state index is 0.127. The fourth-order valence-corrected chi connectivity index (χ4v) is 3.82. The molecule has 10 heteroatoms. The summed E-state index contributed by atoms with van der Waals surface area (Å²) in [6, 6.07) is 13.0. The molecule has 0 unspecified atom stereocenters. The number of anilines is 2. The van der Waals surface area contributed by atoms with Crippen molar-refractivity contribution >= 4 is 34.0 Å². The third-order valence-corrected chi connectivity index (χ3v) is 5.64. The van der Waals surface area contributed by atoms with E-state index in [1.807, 2.05) is 12.1 Å². The largest absolute Gasteiger partial charge is 0.467 e. The summed E-state index contributed by atoms with van der Waals surface area (Å²) >= 11 is 1.26. The van der Waals surface area contributed by atoms with Gasteiger partial charge in [-0.25, -0.2) is 9.37 Å². The van der Waals surface area contributed by atoms with E-state index in [1.54, 1.807) is 42.0 Å². The number of hydrogen-bond donors (Lipinski definition) is 2. The van der Waals surface area contributed by atoms with Gasteiger partial charge in [0.1, 0.15) is 17.3 Å². The molecule has 4 rings (SSSR count). The molecule has 2 N–H and O–H groups in total. The van der Waals surface area contributed by atoms with Crippen LogP contribution in [0.1, 0.15) is 28.2 Å². The smallest absolute Gasteiger partial charge is 0.273 e. The Morgan fingerprint density at radius 1 is 1.09 bits per heavy atom. The van der Waals surface area contributed by atoms with E-state index in [0.29, 0.717) is 23.1 Å². The van der Waals surface area contributed by atoms with Crippen LogP contribution < -0.4 is 10.6 Å². The second-order valence-electron chi connectivity index (χ2n) is 7.36. The molecule has 0 aliphatic carbocycles. The second-order valence-corrected chi connectivity index (χ2v) is 8.22. The molecule has 3 aromatic heterocycles. The Balaban J connectivity index is 1.38. The summed E-state index contributed by atoms with van der Waals surface area (Å²) in [6.07, 6.45) is 4.99. The van der Waals surface area contributed by atoms with Crippen LogP contribution in [0.2, 0.25) is 0 Å². The number of benzene rings is 1. The van der Waals surface area contributed by atoms with Crippen molar-refractivity contribution in [2.45, 2.75) is 19.5 Å². The van der Waals surface area contributed by atoms with Crippen molar-refractivity contribution in [1.29, 1.82) is 0 Å². The predicted molar refractivity (Wildman–Crippen MR) is 126 cm³/mol. The van der Waals surface area contributed by atoms with Gasteiger partial charge in [-0.3, -0.25) is 14.6 Å². The molecule has 8 nitrogen and oxygen atoms in total. The Morgan fingerprint density at radius 3 is 2.62 bits per heavy atom. The topological polar surface area (TPSA) is 100 Å². The van der Waals surface area contributed by atoms with E-state index in [1.165, 1.54) is 34.6 Å². The van der Waals surface area contributed by atoms with Crippen molar-refractivity contribution < 1.29 is 18.4 Å². The van der Waals surface area contributed by atoms with Gasteiger partial charge in [0.05, 0.1) is 12.8 Å². The number of halogens is 1. The lowest BCUT2D eigenvalue weighted by atomic mass is 10.2. The first-order valence-electron chi connectivity index (χ1n) is 10.5. The van der Waals surface area contributed by atoms with Gasteiger partial charge in [-0.05, 0) is 54.1 Å². The van der Waals surface area contributed by atoms with Gasteiger partial charge in [-0.15, -0.1) is 11.3 Å². The van der Waals surface area contributed by atoms with Crippen LogP contribution in [0.15, 0.2) is 77.0 Å². The van der Waals surface area contributed by atoms with Crippen molar-refractivity contribution in [3.05, 3.63) is 95.4 Å². The zero-order valence-corrected chi connectivity index (χ0v) is 18.9. The molecule has 34 heavy (non-hydrogen) atoms. The third-order valence-electron chi connectivity index (χ3n) is 4.88. The van der Waals surface area contributed by atoms with Crippen molar-refractivity contribution in [2.75, 3.05) is 11.9 Å². The molecule has 3 heterocycles. The molecular weight excluding hydrogens is 457 g/mol. The van der Waals surface area contributed by atoms with Crippen LogP contribution in [0, 0.1) is 5.82 Å². The lowest BCUT2D eigenvalue weighted by Gasteiger charge is -2.20. The SMILES string of the molecule is O=C(CCN(Cc1ccco1)C(=O)c1csc(Nc2ccc(F)cc2)n1)NCc1ccncc1. The van der Waals surface area contributed by atoms with E-state index in [2.05, 4.69) is 20.6 Å². The first-order valence-corrected chi connectivity index (χ1v) is 11.4. The van der Waals surface area contributed by atoms with Gasteiger partial charge in [0, 0.05) is 43.0 Å². The highest BCUT2D eigenvalue weighted by atomic mass is 32.1. The molecule has 0 saturated carbocycles. The summed E-state index contributed by atoms with van der Waals surface area (Å²) in [4.78, 5) is 35.4. The highest BCUT2D eigenvalue weighted by Crippen LogP contribution is 2.22. The van der Waals surface area contributed by atoms with Crippen LogP contribution in [0.3, 0.4) is 0 Å². The average molecular weight is 480 g/mol. The third kappa shape index (κ3) is 6.48. The van der Waals surface area contributed by atoms with Gasteiger partial charge in [0.25, 0.3) is 5.91 Å². The molecule has 0 aliphatic rings. The molecule has 0 bridgehead atoms. The van der Waals surface area contributed by atoms with Crippen molar-refractivity contribution in [3.63, 3.8) is 0 Å². The first kappa shape index (κ1) is 23.1. The van der Waals surface area contributed by atoms with E-state index in [-0.39, 0.29) is 42.8 Å². The van der Waals surface area contributed by atoms with E-state index in [9.17, 15) is 14.0 Å². The summed E-state index contributed by atoms with van der Waals surface area (Å²) in [5.41, 5.74) is 1.85. The van der Waals surface area contributed by atoms with Crippen molar-refractivity contribution in [2.24, 2.45) is 0 Å². The minimum Gasteiger partial charge on any atom is -0.467 e. The van der Waals surface area contributed by atoms with Gasteiger partial charge >= 0.3 is 0 Å². The summed E-state index contributed by atoms with van der Waals surface area (Å²) in [6.45, 7) is 0.791. The van der Waals surface area contributed by atoms with E-state index >= 15 is 0 Å². The number of nitrogens with zero attached hydrogens (tertiary/aromatic N) is 3. The number of rotatable bonds is 10. The number of furan rings is 1. The summed E-state index contributed by atoms with van der Waals surface area (Å²) < 4.78 is 18.5. The molecule has 4 aromatic rings. The molecule has 0 atom stereocenters. The Bertz CT molecular complexity index is 1210. The van der Waals surface area contributed by atoms with Gasteiger partial charge in [-0.1, -0.05) is 0 Å². The van der Waals surface area contributed by atoms with Crippen molar-refractivity contribution in [3.8, 4) is 0 Å². The molecular formula is C24H22FN5O3S. The Hall–Kier alpha value is -4.05. The van der Waals surface area contributed by atoms with Crippen LogP contribution in [-0.2, 0) is 17.9 Å². The number of pyridine rings is 1. The Labute approximate surface area is 199 Å². The Kier molecular flexibility index (Phi) is 7.61. The summed E-state index contributed by atoms with van der Waals surface area (Å²) in [5, 5.41) is 8.05. The van der Waals surface area contributed by atoms with Crippen LogP contribution in [-0.4, -0.2) is 33.2 Å². The quantitative estimate of drug-likeness (QED) is 0.351. The Morgan fingerprint density at radius 2 is 1.88 bits per heavy atom. The fraction of sp³-hybridized carbons (Fsp3) is 0.167. The molecule has 0 aliphatic heterocycles. The summed E-state index contributed by atoms with van der Waals surface area (Å²) in [5.74, 6) is -0.225. The highest BCUT2D eigenvalue weighted by Gasteiger charge is 2.21. The van der Waals surface area contributed by atoms with Crippen LogP contribution >= 0.6 is 11.3 Å². The van der Waals surface area contributed by atoms with Gasteiger partial charge in [-0.2, -0.15) is 0 Å². The van der Waals surface area contributed by atoms with E-state index < -0.39 is 0 Å². The number of thiazole rings is 1. The van der Waals surface area contributed by atoms with Gasteiger partial charge < -0.3 is 20.0 Å². The molecule has 0 saturated heterocycles. The maximum atomic E-state index is 13.2. The van der Waals surface area contributed by atoms with Crippen LogP contribution in [0.4, 0.5) is 15.2 Å². The monoisotopic (exact) mass is 479 g/mol. The predicted octanol–water partition coefficient (Wildman–Crippen LogP) is 4.36. The lowest BCUT2D eigenvalue weighted by molar-refractivity contribution is -0.121. The van der Waals surface area contributed by atoms with Crippen LogP contribution in [0.5, 0.6) is 0 Å². The maximum Gasteiger partial charge on any atom is 0.273 e. The van der Waals surface area contributed by atoms with E-state index in [4.69, 9.17) is 4.42 Å². The van der Waals surface area contributed by atoms with Crippen LogP contribution in [0.25, 0.3) is 0 Å². The number of carbonyl (C=O) groups is 2. The number of hydrogen-bond acceptors (Lipinski definition) is 7. The molecule has 1 aromatic carbocycles. The maximum absolute atomic E-state index is 13.2. The van der Waals surface area contributed by atoms with Crippen molar-refractivity contribution in [1.82, 2.24) is 20.2 Å². The minimum atomic E-state index is -0.334. The molecule has 2 amide bonds. The van der Waals surface area contributed by atoms with Gasteiger partial charge in [0.2, 0.25) is 5.91 Å². The lowest BCUT2D eigenvalue weighted by Crippen LogP contribution is -2.35. The van der Waals surface area contributed by atoms with Gasteiger partial charge in [0.15, 0.2) is 5.13 Å². The standard InChI is InChI=1S/C24H22FN5O3S/c25-18-3-5-19(6-4-18)28-24-29-21(16-34-24)23(32)30(15-20-2-1-13-33-20)12-9-22(31)27-14-17-7-10-26-11-8-17/h1-8,10-11,13,16H,9,12,14-15H2,(H,27,31)(H,28,29). The number of nitrogens with one attached hydrogen (secondary N) is 2. The number of aromatic nitrogens is 2. The average Bonchev–Trinajstić information content (AvgIpc) is 3.54. The zero-order chi connectivity index (χ0) is 23.8. The molecule has 0 radical (unpaired) electrons. The normalized spacial score (nSPS) is 10.6. The second kappa shape index (κ2) is 11.2. The number of carbonyl (C=O) groups excluding carboxylic acids is 2. The highest BCUT2D eigenvalue weighted by molar-refractivity contribution is 7.14. The fourth-order valence-electron chi connectivity index (χ4n) is 3.12. The molecule has 0 fully saturated rings. The number of amides is 2. The van der Waals surface area contributed by atoms with E-state index in [0.717, 1.165) is 5.56 Å². The molecule has 174 valence electrons.